The van der Waals surface area contributed by atoms with Crippen molar-refractivity contribution in [3.05, 3.63) is 54.1 Å². The Hall–Kier alpha value is -3.39. The van der Waals surface area contributed by atoms with Gasteiger partial charge in [-0.05, 0) is 48.0 Å². The average Bonchev–Trinajstić information content (AvgIpc) is 3.35. The van der Waals surface area contributed by atoms with Crippen molar-refractivity contribution in [2.45, 2.75) is 0 Å². The molecule has 4 rings (SSSR count). The Bertz CT molecular complexity index is 998. The SMILES string of the molecule is COc1ccc(-c2nnc(NC(=O)/C=C/c3ccc4c(c3)OCO4)s2)cc1. The summed E-state index contributed by atoms with van der Waals surface area (Å²) in [6.07, 6.45) is 3.13. The van der Waals surface area contributed by atoms with E-state index in [1.165, 1.54) is 17.4 Å². The van der Waals surface area contributed by atoms with Gasteiger partial charge in [0.05, 0.1) is 7.11 Å². The van der Waals surface area contributed by atoms with E-state index in [0.717, 1.165) is 16.9 Å². The maximum absolute atomic E-state index is 12.1. The zero-order valence-corrected chi connectivity index (χ0v) is 15.2. The Kier molecular flexibility index (Phi) is 4.71. The van der Waals surface area contributed by atoms with E-state index in [1.807, 2.05) is 42.5 Å². The van der Waals surface area contributed by atoms with E-state index in [-0.39, 0.29) is 12.7 Å². The van der Waals surface area contributed by atoms with Crippen molar-refractivity contribution in [2.24, 2.45) is 0 Å². The molecule has 1 aromatic heterocycles. The van der Waals surface area contributed by atoms with Gasteiger partial charge in [-0.3, -0.25) is 10.1 Å². The van der Waals surface area contributed by atoms with Gasteiger partial charge in [-0.15, -0.1) is 10.2 Å². The largest absolute Gasteiger partial charge is 0.497 e. The fraction of sp³-hybridized carbons (Fsp3) is 0.105. The molecule has 0 saturated carbocycles. The molecular weight excluding hydrogens is 366 g/mol. The Labute approximate surface area is 159 Å². The molecule has 1 aliphatic heterocycles. The first-order valence-corrected chi connectivity index (χ1v) is 8.89. The van der Waals surface area contributed by atoms with Gasteiger partial charge < -0.3 is 14.2 Å². The maximum Gasteiger partial charge on any atom is 0.250 e. The van der Waals surface area contributed by atoms with Crippen LogP contribution in [0, 0.1) is 0 Å². The quantitative estimate of drug-likeness (QED) is 0.680. The van der Waals surface area contributed by atoms with E-state index in [0.29, 0.717) is 21.6 Å². The van der Waals surface area contributed by atoms with Gasteiger partial charge in [0.2, 0.25) is 17.8 Å². The Morgan fingerprint density at radius 2 is 1.96 bits per heavy atom. The van der Waals surface area contributed by atoms with Crippen LogP contribution in [0.4, 0.5) is 5.13 Å². The van der Waals surface area contributed by atoms with E-state index < -0.39 is 0 Å². The van der Waals surface area contributed by atoms with Crippen molar-refractivity contribution < 1.29 is 19.0 Å². The Balaban J connectivity index is 1.40. The van der Waals surface area contributed by atoms with E-state index in [2.05, 4.69) is 15.5 Å². The van der Waals surface area contributed by atoms with Crippen molar-refractivity contribution in [3.63, 3.8) is 0 Å². The number of nitrogens with zero attached hydrogens (tertiary/aromatic N) is 2. The number of aromatic nitrogens is 2. The summed E-state index contributed by atoms with van der Waals surface area (Å²) in [5.41, 5.74) is 1.75. The van der Waals surface area contributed by atoms with E-state index in [1.54, 1.807) is 13.2 Å². The minimum Gasteiger partial charge on any atom is -0.497 e. The second kappa shape index (κ2) is 7.46. The normalized spacial score (nSPS) is 12.3. The van der Waals surface area contributed by atoms with Crippen LogP contribution in [0.2, 0.25) is 0 Å². The van der Waals surface area contributed by atoms with Crippen molar-refractivity contribution in [1.82, 2.24) is 10.2 Å². The molecule has 136 valence electrons. The first-order chi connectivity index (χ1) is 13.2. The molecule has 0 saturated heterocycles. The van der Waals surface area contributed by atoms with E-state index >= 15 is 0 Å². The fourth-order valence-electron chi connectivity index (χ4n) is 2.46. The number of carbonyl (C=O) groups excluding carboxylic acids is 1. The first-order valence-electron chi connectivity index (χ1n) is 8.08. The van der Waals surface area contributed by atoms with Gasteiger partial charge in [0, 0.05) is 11.6 Å². The topological polar surface area (TPSA) is 82.6 Å². The number of nitrogens with one attached hydrogen (secondary N) is 1. The third-order valence-corrected chi connectivity index (χ3v) is 4.70. The standard InChI is InChI=1S/C19H15N3O4S/c1-24-14-6-4-13(5-7-14)18-21-22-19(27-18)20-17(23)9-3-12-2-8-15-16(10-12)26-11-25-15/h2-10H,11H2,1H3,(H,20,22,23)/b9-3+. The van der Waals surface area contributed by atoms with Crippen LogP contribution in [0.1, 0.15) is 5.56 Å². The molecule has 27 heavy (non-hydrogen) atoms. The molecule has 0 spiro atoms. The highest BCUT2D eigenvalue weighted by molar-refractivity contribution is 7.18. The number of fused-ring (bicyclic) bond motifs is 1. The lowest BCUT2D eigenvalue weighted by atomic mass is 10.2. The summed E-state index contributed by atoms with van der Waals surface area (Å²) in [5, 5.41) is 12.0. The predicted octanol–water partition coefficient (Wildman–Crippen LogP) is 3.59. The first kappa shape index (κ1) is 17.0. The van der Waals surface area contributed by atoms with Crippen molar-refractivity contribution in [3.8, 4) is 27.8 Å². The Morgan fingerprint density at radius 3 is 2.78 bits per heavy atom. The highest BCUT2D eigenvalue weighted by Crippen LogP contribution is 2.33. The van der Waals surface area contributed by atoms with Crippen molar-refractivity contribution in [1.29, 1.82) is 0 Å². The van der Waals surface area contributed by atoms with E-state index in [4.69, 9.17) is 14.2 Å². The van der Waals surface area contributed by atoms with Crippen LogP contribution < -0.4 is 19.5 Å². The van der Waals surface area contributed by atoms with Crippen LogP contribution in [0.25, 0.3) is 16.6 Å². The molecule has 1 N–H and O–H groups in total. The highest BCUT2D eigenvalue weighted by atomic mass is 32.1. The number of ether oxygens (including phenoxy) is 3. The zero-order valence-electron chi connectivity index (χ0n) is 14.3. The molecular formula is C19H15N3O4S. The summed E-state index contributed by atoms with van der Waals surface area (Å²) in [5.74, 6) is 1.86. The number of hydrogen-bond donors (Lipinski definition) is 1. The second-order valence-corrected chi connectivity index (χ2v) is 6.55. The molecule has 0 atom stereocenters. The molecule has 1 aliphatic rings. The van der Waals surface area contributed by atoms with Gasteiger partial charge in [0.1, 0.15) is 10.8 Å². The van der Waals surface area contributed by atoms with Gasteiger partial charge >= 0.3 is 0 Å². The Morgan fingerprint density at radius 1 is 1.15 bits per heavy atom. The number of carbonyl (C=O) groups is 1. The highest BCUT2D eigenvalue weighted by Gasteiger charge is 2.12. The molecule has 0 bridgehead atoms. The number of methoxy groups -OCH3 is 1. The summed E-state index contributed by atoms with van der Waals surface area (Å²) in [6.45, 7) is 0.219. The van der Waals surface area contributed by atoms with Crippen LogP contribution in [-0.4, -0.2) is 30.0 Å². The molecule has 0 radical (unpaired) electrons. The van der Waals surface area contributed by atoms with Crippen LogP contribution >= 0.6 is 11.3 Å². The second-order valence-electron chi connectivity index (χ2n) is 5.58. The lowest BCUT2D eigenvalue weighted by molar-refractivity contribution is -0.111. The molecule has 7 nitrogen and oxygen atoms in total. The average molecular weight is 381 g/mol. The summed E-state index contributed by atoms with van der Waals surface area (Å²) in [4.78, 5) is 12.1. The molecule has 3 aromatic rings. The van der Waals surface area contributed by atoms with Gasteiger partial charge in [-0.2, -0.15) is 0 Å². The third-order valence-electron chi connectivity index (χ3n) is 3.82. The number of anilines is 1. The van der Waals surface area contributed by atoms with Crippen molar-refractivity contribution in [2.75, 3.05) is 19.2 Å². The number of benzene rings is 2. The molecule has 0 unspecified atom stereocenters. The zero-order chi connectivity index (χ0) is 18.6. The maximum atomic E-state index is 12.1. The van der Waals surface area contributed by atoms with Gasteiger partial charge in [-0.25, -0.2) is 0 Å². The van der Waals surface area contributed by atoms with Crippen molar-refractivity contribution >= 4 is 28.5 Å². The monoisotopic (exact) mass is 381 g/mol. The van der Waals surface area contributed by atoms with Gasteiger partial charge in [0.25, 0.3) is 0 Å². The minimum absolute atomic E-state index is 0.219. The van der Waals surface area contributed by atoms with Crippen LogP contribution in [0.15, 0.2) is 48.5 Å². The fourth-order valence-corrected chi connectivity index (χ4v) is 3.21. The number of hydrogen-bond acceptors (Lipinski definition) is 7. The summed E-state index contributed by atoms with van der Waals surface area (Å²) in [7, 11) is 1.62. The number of amides is 1. The van der Waals surface area contributed by atoms with Crippen LogP contribution in [0.5, 0.6) is 17.2 Å². The minimum atomic E-state index is -0.287. The van der Waals surface area contributed by atoms with Crippen LogP contribution in [0.3, 0.4) is 0 Å². The third kappa shape index (κ3) is 3.90. The molecule has 2 heterocycles. The summed E-state index contributed by atoms with van der Waals surface area (Å²) in [6, 6.07) is 13.0. The smallest absolute Gasteiger partial charge is 0.250 e. The van der Waals surface area contributed by atoms with Gasteiger partial charge in [0.15, 0.2) is 11.5 Å². The lowest BCUT2D eigenvalue weighted by Gasteiger charge is -1.99. The van der Waals surface area contributed by atoms with Crippen LogP contribution in [-0.2, 0) is 4.79 Å². The van der Waals surface area contributed by atoms with E-state index in [9.17, 15) is 4.79 Å². The summed E-state index contributed by atoms with van der Waals surface area (Å²) < 4.78 is 15.7. The molecule has 1 amide bonds. The molecule has 0 fully saturated rings. The molecule has 2 aromatic carbocycles. The predicted molar refractivity (Wildman–Crippen MR) is 102 cm³/mol. The lowest BCUT2D eigenvalue weighted by Crippen LogP contribution is -2.07. The number of rotatable bonds is 5. The summed E-state index contributed by atoms with van der Waals surface area (Å²) >= 11 is 1.30. The van der Waals surface area contributed by atoms with Gasteiger partial charge in [-0.1, -0.05) is 17.4 Å². The molecule has 0 aliphatic carbocycles. The molecule has 8 heteroatoms.